The highest BCUT2D eigenvalue weighted by molar-refractivity contribution is 6.39. The van der Waals surface area contributed by atoms with Crippen molar-refractivity contribution >= 4 is 17.5 Å². The van der Waals surface area contributed by atoms with Gasteiger partial charge in [-0.1, -0.05) is 0 Å². The Bertz CT molecular complexity index is 308. The smallest absolute Gasteiger partial charge is 0.273 e. The van der Waals surface area contributed by atoms with Gasteiger partial charge in [0.25, 0.3) is 5.91 Å². The van der Waals surface area contributed by atoms with Crippen LogP contribution in [0.1, 0.15) is 25.7 Å². The molecule has 1 saturated heterocycles. The van der Waals surface area contributed by atoms with Crippen molar-refractivity contribution in [2.24, 2.45) is 5.10 Å². The topological polar surface area (TPSA) is 71.0 Å². The standard InChI is InChI=1S/C9H13N3O3/c13-8-4-3-7(10-11-8)9(14)12-5-1-2-6-15-12/h1-6H2,(H,11,13). The molecule has 0 aliphatic carbocycles. The van der Waals surface area contributed by atoms with E-state index in [0.29, 0.717) is 31.7 Å². The Kier molecular flexibility index (Phi) is 2.96. The van der Waals surface area contributed by atoms with Crippen LogP contribution in [0.3, 0.4) is 0 Å². The number of rotatable bonds is 1. The predicted octanol–water partition coefficient (Wildman–Crippen LogP) is -0.194. The molecular weight excluding hydrogens is 198 g/mol. The third-order valence-electron chi connectivity index (χ3n) is 2.38. The molecule has 0 unspecified atom stereocenters. The maximum absolute atomic E-state index is 11.8. The number of nitrogens with zero attached hydrogens (tertiary/aromatic N) is 2. The fourth-order valence-corrected chi connectivity index (χ4v) is 1.53. The van der Waals surface area contributed by atoms with E-state index in [-0.39, 0.29) is 11.8 Å². The number of hydroxylamine groups is 2. The van der Waals surface area contributed by atoms with Gasteiger partial charge in [-0.15, -0.1) is 0 Å². The lowest BCUT2D eigenvalue weighted by atomic mass is 10.1. The van der Waals surface area contributed by atoms with Gasteiger partial charge in [-0.05, 0) is 12.8 Å². The maximum Gasteiger partial charge on any atom is 0.293 e. The molecule has 6 nitrogen and oxygen atoms in total. The summed E-state index contributed by atoms with van der Waals surface area (Å²) in [5.41, 5.74) is 2.67. The van der Waals surface area contributed by atoms with Gasteiger partial charge in [-0.25, -0.2) is 10.5 Å². The number of hydrazone groups is 1. The van der Waals surface area contributed by atoms with E-state index in [1.54, 1.807) is 0 Å². The zero-order valence-corrected chi connectivity index (χ0v) is 8.36. The van der Waals surface area contributed by atoms with Crippen molar-refractivity contribution in [2.45, 2.75) is 25.7 Å². The molecule has 2 heterocycles. The normalized spacial score (nSPS) is 22.0. The lowest BCUT2D eigenvalue weighted by Gasteiger charge is -2.26. The second kappa shape index (κ2) is 4.39. The number of carbonyl (C=O) groups excluding carboxylic acids is 2. The fraction of sp³-hybridized carbons (Fsp3) is 0.667. The Balaban J connectivity index is 1.97. The van der Waals surface area contributed by atoms with Crippen LogP contribution in [0.2, 0.25) is 0 Å². The van der Waals surface area contributed by atoms with Crippen molar-refractivity contribution in [1.82, 2.24) is 10.5 Å². The minimum Gasteiger partial charge on any atom is -0.273 e. The van der Waals surface area contributed by atoms with Crippen LogP contribution >= 0.6 is 0 Å². The van der Waals surface area contributed by atoms with Crippen molar-refractivity contribution in [3.05, 3.63) is 0 Å². The van der Waals surface area contributed by atoms with Gasteiger partial charge in [0.05, 0.1) is 6.61 Å². The molecular formula is C9H13N3O3. The first-order valence-electron chi connectivity index (χ1n) is 5.07. The number of carbonyl (C=O) groups is 2. The minimum absolute atomic E-state index is 0.147. The average Bonchev–Trinajstić information content (AvgIpc) is 2.30. The Labute approximate surface area is 87.2 Å². The van der Waals surface area contributed by atoms with Crippen LogP contribution in [0.15, 0.2) is 5.10 Å². The molecule has 0 aromatic heterocycles. The Hall–Kier alpha value is -1.43. The summed E-state index contributed by atoms with van der Waals surface area (Å²) in [7, 11) is 0. The van der Waals surface area contributed by atoms with Gasteiger partial charge in [-0.2, -0.15) is 5.10 Å². The molecule has 82 valence electrons. The Morgan fingerprint density at radius 1 is 1.40 bits per heavy atom. The monoisotopic (exact) mass is 211 g/mol. The molecule has 0 spiro atoms. The predicted molar refractivity (Wildman–Crippen MR) is 51.7 cm³/mol. The van der Waals surface area contributed by atoms with Crippen LogP contribution in [0.5, 0.6) is 0 Å². The Morgan fingerprint density at radius 2 is 2.27 bits per heavy atom. The van der Waals surface area contributed by atoms with Crippen LogP contribution in [0.4, 0.5) is 0 Å². The number of hydrogen-bond acceptors (Lipinski definition) is 4. The summed E-state index contributed by atoms with van der Waals surface area (Å²) in [5, 5.41) is 5.06. The van der Waals surface area contributed by atoms with Gasteiger partial charge in [-0.3, -0.25) is 14.4 Å². The highest BCUT2D eigenvalue weighted by atomic mass is 16.7. The molecule has 0 aromatic carbocycles. The molecule has 0 radical (unpaired) electrons. The zero-order chi connectivity index (χ0) is 10.7. The van der Waals surface area contributed by atoms with Gasteiger partial charge < -0.3 is 0 Å². The van der Waals surface area contributed by atoms with Crippen LogP contribution in [-0.4, -0.2) is 35.7 Å². The summed E-state index contributed by atoms with van der Waals surface area (Å²) in [4.78, 5) is 27.8. The summed E-state index contributed by atoms with van der Waals surface area (Å²) in [6.07, 6.45) is 2.64. The summed E-state index contributed by atoms with van der Waals surface area (Å²) < 4.78 is 0. The van der Waals surface area contributed by atoms with Crippen LogP contribution < -0.4 is 5.43 Å². The average molecular weight is 211 g/mol. The molecule has 15 heavy (non-hydrogen) atoms. The molecule has 2 rings (SSSR count). The fourth-order valence-electron chi connectivity index (χ4n) is 1.53. The molecule has 6 heteroatoms. The van der Waals surface area contributed by atoms with Crippen molar-refractivity contribution in [2.75, 3.05) is 13.2 Å². The third-order valence-corrected chi connectivity index (χ3v) is 2.38. The molecule has 1 N–H and O–H groups in total. The summed E-state index contributed by atoms with van der Waals surface area (Å²) in [6.45, 7) is 1.18. The highest BCUT2D eigenvalue weighted by Crippen LogP contribution is 2.09. The van der Waals surface area contributed by atoms with E-state index >= 15 is 0 Å². The maximum atomic E-state index is 11.8. The van der Waals surface area contributed by atoms with Crippen molar-refractivity contribution in [1.29, 1.82) is 0 Å². The zero-order valence-electron chi connectivity index (χ0n) is 8.36. The number of amides is 2. The van der Waals surface area contributed by atoms with Crippen LogP contribution in [0, 0.1) is 0 Å². The van der Waals surface area contributed by atoms with E-state index in [2.05, 4.69) is 10.5 Å². The molecule has 1 fully saturated rings. The van der Waals surface area contributed by atoms with E-state index in [1.165, 1.54) is 5.06 Å². The van der Waals surface area contributed by atoms with Crippen molar-refractivity contribution < 1.29 is 14.4 Å². The highest BCUT2D eigenvalue weighted by Gasteiger charge is 2.25. The first-order valence-corrected chi connectivity index (χ1v) is 5.07. The first-order chi connectivity index (χ1) is 7.27. The molecule has 0 saturated carbocycles. The third kappa shape index (κ3) is 2.33. The van der Waals surface area contributed by atoms with Crippen molar-refractivity contribution in [3.8, 4) is 0 Å². The van der Waals surface area contributed by atoms with E-state index in [4.69, 9.17) is 4.84 Å². The molecule has 2 aliphatic rings. The number of nitrogens with one attached hydrogen (secondary N) is 1. The van der Waals surface area contributed by atoms with Gasteiger partial charge in [0, 0.05) is 19.4 Å². The van der Waals surface area contributed by atoms with Gasteiger partial charge in [0.2, 0.25) is 5.91 Å². The molecule has 2 amide bonds. The number of hydrogen-bond donors (Lipinski definition) is 1. The SMILES string of the molecule is O=C1CCC(C(=O)N2CCCCO2)=NN1. The lowest BCUT2D eigenvalue weighted by molar-refractivity contribution is -0.189. The first kappa shape index (κ1) is 10.1. The molecule has 0 aromatic rings. The lowest BCUT2D eigenvalue weighted by Crippen LogP contribution is -2.42. The summed E-state index contributed by atoms with van der Waals surface area (Å²) in [6, 6.07) is 0. The van der Waals surface area contributed by atoms with Crippen LogP contribution in [0.25, 0.3) is 0 Å². The molecule has 0 atom stereocenters. The van der Waals surface area contributed by atoms with E-state index < -0.39 is 0 Å². The van der Waals surface area contributed by atoms with Gasteiger partial charge in [0.1, 0.15) is 5.71 Å². The van der Waals surface area contributed by atoms with E-state index in [9.17, 15) is 9.59 Å². The second-order valence-electron chi connectivity index (χ2n) is 3.54. The molecule has 2 aliphatic heterocycles. The van der Waals surface area contributed by atoms with Crippen molar-refractivity contribution in [3.63, 3.8) is 0 Å². The summed E-state index contributed by atoms with van der Waals surface area (Å²) in [5.74, 6) is -0.374. The summed E-state index contributed by atoms with van der Waals surface area (Å²) >= 11 is 0. The quantitative estimate of drug-likeness (QED) is 0.653. The van der Waals surface area contributed by atoms with Gasteiger partial charge >= 0.3 is 0 Å². The van der Waals surface area contributed by atoms with Crippen LogP contribution in [-0.2, 0) is 14.4 Å². The van der Waals surface area contributed by atoms with E-state index in [1.807, 2.05) is 0 Å². The Morgan fingerprint density at radius 3 is 2.87 bits per heavy atom. The van der Waals surface area contributed by atoms with E-state index in [0.717, 1.165) is 12.8 Å². The minimum atomic E-state index is -0.227. The second-order valence-corrected chi connectivity index (χ2v) is 3.54. The molecule has 0 bridgehead atoms. The van der Waals surface area contributed by atoms with Gasteiger partial charge in [0.15, 0.2) is 0 Å². The largest absolute Gasteiger partial charge is 0.293 e.